The fraction of sp³-hybridized carbons (Fsp3) is 0. The Kier molecular flexibility index (Phi) is 7.64. The zero-order valence-electron chi connectivity index (χ0n) is 30.2. The van der Waals surface area contributed by atoms with Crippen molar-refractivity contribution in [1.29, 1.82) is 0 Å². The van der Waals surface area contributed by atoms with Crippen molar-refractivity contribution in [2.24, 2.45) is 0 Å². The number of hydrogen-bond donors (Lipinski definition) is 0. The molecule has 0 aliphatic carbocycles. The topological polar surface area (TPSA) is 43.6 Å². The van der Waals surface area contributed by atoms with Gasteiger partial charge >= 0.3 is 0 Å². The van der Waals surface area contributed by atoms with E-state index in [-0.39, 0.29) is 0 Å². The van der Waals surface area contributed by atoms with Crippen LogP contribution in [0.3, 0.4) is 0 Å². The van der Waals surface area contributed by atoms with Gasteiger partial charge in [0.05, 0.1) is 21.4 Å². The summed E-state index contributed by atoms with van der Waals surface area (Å²) in [6.07, 6.45) is 0. The zero-order chi connectivity index (χ0) is 37.0. The summed E-state index contributed by atoms with van der Waals surface area (Å²) in [6.45, 7) is 0. The molecule has 0 aliphatic rings. The fourth-order valence-corrected chi connectivity index (χ4v) is 9.32. The van der Waals surface area contributed by atoms with Gasteiger partial charge in [0.25, 0.3) is 0 Å². The molecule has 0 spiro atoms. The van der Waals surface area contributed by atoms with Crippen LogP contribution in [0.1, 0.15) is 0 Å². The minimum Gasteiger partial charge on any atom is -0.308 e. The van der Waals surface area contributed by atoms with E-state index in [1.807, 2.05) is 36.4 Å². The molecule has 0 N–H and O–H groups in total. The van der Waals surface area contributed by atoms with Crippen molar-refractivity contribution in [2.45, 2.75) is 0 Å². The van der Waals surface area contributed by atoms with E-state index in [4.69, 9.17) is 15.0 Å². The van der Waals surface area contributed by atoms with Crippen molar-refractivity contribution in [2.75, 3.05) is 0 Å². The van der Waals surface area contributed by atoms with Crippen LogP contribution in [0.25, 0.3) is 104 Å². The van der Waals surface area contributed by atoms with Gasteiger partial charge in [0.1, 0.15) is 0 Å². The zero-order valence-corrected chi connectivity index (χ0v) is 31.0. The molecule has 0 bridgehead atoms. The molecule has 0 saturated carbocycles. The summed E-state index contributed by atoms with van der Waals surface area (Å²) in [7, 11) is 0. The quantitative estimate of drug-likeness (QED) is 0.171. The second-order valence-electron chi connectivity index (χ2n) is 14.0. The summed E-state index contributed by atoms with van der Waals surface area (Å²) in [6, 6.07) is 68.6. The number of rotatable bonds is 6. The third kappa shape index (κ3) is 5.40. The summed E-state index contributed by atoms with van der Waals surface area (Å²) in [5.41, 5.74) is 11.3. The Morgan fingerprint density at radius 1 is 0.321 bits per heavy atom. The second-order valence-corrected chi connectivity index (χ2v) is 15.0. The Labute approximate surface area is 327 Å². The van der Waals surface area contributed by atoms with Crippen molar-refractivity contribution < 1.29 is 0 Å². The van der Waals surface area contributed by atoms with Crippen LogP contribution < -0.4 is 0 Å². The molecule has 0 fully saturated rings. The minimum atomic E-state index is 0.657. The van der Waals surface area contributed by atoms with E-state index in [0.29, 0.717) is 17.5 Å². The highest BCUT2D eigenvalue weighted by Gasteiger charge is 2.20. The Hall–Kier alpha value is -7.21. The van der Waals surface area contributed by atoms with Crippen LogP contribution in [-0.4, -0.2) is 19.5 Å². The van der Waals surface area contributed by atoms with E-state index in [1.165, 1.54) is 59.5 Å². The van der Waals surface area contributed by atoms with Gasteiger partial charge in [0, 0.05) is 42.9 Å². The molecule has 11 aromatic rings. The lowest BCUT2D eigenvalue weighted by Crippen LogP contribution is -2.00. The molecule has 0 aliphatic heterocycles. The van der Waals surface area contributed by atoms with Crippen molar-refractivity contribution in [3.8, 4) is 62.1 Å². The molecule has 0 atom stereocenters. The SMILES string of the molecule is c1ccc(-c2cccc(-c3ccc4c(c3)c3ccccc3n4-c3cccc4c3sc3c(-c5nc(-c6ccccc6)nc(-c6ccccc6)n5)cccc34)c2)cc1. The lowest BCUT2D eigenvalue weighted by molar-refractivity contribution is 1.08. The molecular formula is C51H32N4S. The minimum absolute atomic E-state index is 0.657. The van der Waals surface area contributed by atoms with Gasteiger partial charge < -0.3 is 4.57 Å². The Morgan fingerprint density at radius 2 is 0.821 bits per heavy atom. The number of aromatic nitrogens is 4. The predicted octanol–water partition coefficient (Wildman–Crippen LogP) is 13.7. The Balaban J connectivity index is 1.09. The molecule has 0 radical (unpaired) electrons. The second kappa shape index (κ2) is 13.3. The average molecular weight is 733 g/mol. The average Bonchev–Trinajstić information content (AvgIpc) is 3.83. The first-order chi connectivity index (χ1) is 27.8. The van der Waals surface area contributed by atoms with E-state index in [9.17, 15) is 0 Å². The summed E-state index contributed by atoms with van der Waals surface area (Å²) in [5, 5.41) is 4.86. The van der Waals surface area contributed by atoms with Gasteiger partial charge in [-0.3, -0.25) is 0 Å². The third-order valence-corrected chi connectivity index (χ3v) is 11.9. The Morgan fingerprint density at radius 3 is 1.54 bits per heavy atom. The lowest BCUT2D eigenvalue weighted by Gasteiger charge is -2.10. The van der Waals surface area contributed by atoms with Crippen molar-refractivity contribution in [1.82, 2.24) is 19.5 Å². The van der Waals surface area contributed by atoms with Gasteiger partial charge in [0.2, 0.25) is 0 Å². The number of hydrogen-bond acceptors (Lipinski definition) is 4. The molecule has 3 heterocycles. The van der Waals surface area contributed by atoms with Crippen LogP contribution in [0.5, 0.6) is 0 Å². The van der Waals surface area contributed by atoms with Crippen LogP contribution in [0, 0.1) is 0 Å². The molecule has 8 aromatic carbocycles. The number of benzene rings is 8. The van der Waals surface area contributed by atoms with E-state index >= 15 is 0 Å². The first-order valence-electron chi connectivity index (χ1n) is 18.8. The smallest absolute Gasteiger partial charge is 0.165 e. The van der Waals surface area contributed by atoms with Crippen LogP contribution in [0.2, 0.25) is 0 Å². The first-order valence-corrected chi connectivity index (χ1v) is 19.6. The van der Waals surface area contributed by atoms with E-state index in [2.05, 4.69) is 162 Å². The maximum atomic E-state index is 5.11. The van der Waals surface area contributed by atoms with Crippen LogP contribution in [0.4, 0.5) is 0 Å². The molecule has 56 heavy (non-hydrogen) atoms. The van der Waals surface area contributed by atoms with Crippen molar-refractivity contribution in [3.63, 3.8) is 0 Å². The number of nitrogens with zero attached hydrogens (tertiary/aromatic N) is 4. The molecule has 11 rings (SSSR count). The number of para-hydroxylation sites is 1. The van der Waals surface area contributed by atoms with E-state index in [1.54, 1.807) is 11.3 Å². The van der Waals surface area contributed by atoms with Crippen LogP contribution in [0.15, 0.2) is 194 Å². The van der Waals surface area contributed by atoms with Gasteiger partial charge in [-0.15, -0.1) is 11.3 Å². The number of thiophene rings is 1. The van der Waals surface area contributed by atoms with E-state index < -0.39 is 0 Å². The normalized spacial score (nSPS) is 11.6. The van der Waals surface area contributed by atoms with Gasteiger partial charge in [0.15, 0.2) is 17.5 Å². The maximum absolute atomic E-state index is 5.11. The first kappa shape index (κ1) is 32.2. The molecule has 0 saturated heterocycles. The molecule has 262 valence electrons. The highest BCUT2D eigenvalue weighted by atomic mass is 32.1. The molecule has 5 heteroatoms. The third-order valence-electron chi connectivity index (χ3n) is 10.7. The molecule has 3 aromatic heterocycles. The van der Waals surface area contributed by atoms with E-state index in [0.717, 1.165) is 27.1 Å². The summed E-state index contributed by atoms with van der Waals surface area (Å²) in [4.78, 5) is 15.2. The predicted molar refractivity (Wildman–Crippen MR) is 234 cm³/mol. The summed E-state index contributed by atoms with van der Waals surface area (Å²) < 4.78 is 4.81. The van der Waals surface area contributed by atoms with Crippen LogP contribution >= 0.6 is 11.3 Å². The lowest BCUT2D eigenvalue weighted by atomic mass is 9.98. The fourth-order valence-electron chi connectivity index (χ4n) is 8.01. The molecular weight excluding hydrogens is 701 g/mol. The standard InChI is InChI=1S/C51H32N4S/c1-4-15-33(16-5-1)36-21-12-22-37(31-36)38-29-30-45-43(32-38)39-23-10-11-27-44(39)55(45)46-28-14-25-41-40-24-13-26-42(47(40)56-48(41)46)51-53-49(34-17-6-2-7-18-34)52-50(54-51)35-19-8-3-9-20-35/h1-32H. The monoisotopic (exact) mass is 732 g/mol. The van der Waals surface area contributed by atoms with Crippen molar-refractivity contribution in [3.05, 3.63) is 194 Å². The Bertz CT molecular complexity index is 3180. The molecule has 4 nitrogen and oxygen atoms in total. The van der Waals surface area contributed by atoms with Gasteiger partial charge in [-0.1, -0.05) is 158 Å². The highest BCUT2D eigenvalue weighted by molar-refractivity contribution is 7.26. The largest absolute Gasteiger partial charge is 0.308 e. The number of fused-ring (bicyclic) bond motifs is 6. The van der Waals surface area contributed by atoms with Gasteiger partial charge in [-0.05, 0) is 58.7 Å². The summed E-state index contributed by atoms with van der Waals surface area (Å²) in [5.74, 6) is 1.98. The van der Waals surface area contributed by atoms with Gasteiger partial charge in [-0.25, -0.2) is 15.0 Å². The van der Waals surface area contributed by atoms with Gasteiger partial charge in [-0.2, -0.15) is 0 Å². The highest BCUT2D eigenvalue weighted by Crippen LogP contribution is 2.44. The maximum Gasteiger partial charge on any atom is 0.165 e. The molecule has 0 amide bonds. The van der Waals surface area contributed by atoms with Crippen molar-refractivity contribution >= 4 is 53.3 Å². The summed E-state index contributed by atoms with van der Waals surface area (Å²) >= 11 is 1.81. The molecule has 0 unspecified atom stereocenters. The van der Waals surface area contributed by atoms with Crippen LogP contribution in [-0.2, 0) is 0 Å².